The molecule has 5 nitrogen and oxygen atoms in total. The number of amides is 1. The fraction of sp³-hybridized carbons (Fsp3) is 0.562. The maximum absolute atomic E-state index is 11.7. The van der Waals surface area contributed by atoms with Gasteiger partial charge in [0.2, 0.25) is 0 Å². The number of benzene rings is 1. The van der Waals surface area contributed by atoms with Gasteiger partial charge in [-0.25, -0.2) is 4.79 Å². The molecule has 0 aromatic heterocycles. The quantitative estimate of drug-likeness (QED) is 0.926. The van der Waals surface area contributed by atoms with Crippen molar-refractivity contribution in [3.8, 4) is 0 Å². The second kappa shape index (κ2) is 7.31. The molecule has 2 rings (SSSR count). The SMILES string of the molecule is CCOC(=O)N1CCN(c2ccccc2C(O)CC)CC1. The molecular formula is C16H24N2O3. The predicted octanol–water partition coefficient (Wildman–Crippen LogP) is 2.41. The lowest BCUT2D eigenvalue weighted by Gasteiger charge is -2.36. The molecular weight excluding hydrogens is 268 g/mol. The molecule has 1 heterocycles. The zero-order valence-corrected chi connectivity index (χ0v) is 12.8. The van der Waals surface area contributed by atoms with E-state index in [2.05, 4.69) is 4.90 Å². The Kier molecular flexibility index (Phi) is 5.44. The summed E-state index contributed by atoms with van der Waals surface area (Å²) in [5.41, 5.74) is 2.03. The third kappa shape index (κ3) is 3.67. The maximum atomic E-state index is 11.7. The van der Waals surface area contributed by atoms with Gasteiger partial charge in [0.15, 0.2) is 0 Å². The Hall–Kier alpha value is -1.75. The van der Waals surface area contributed by atoms with Crippen LogP contribution in [0.25, 0.3) is 0 Å². The van der Waals surface area contributed by atoms with Crippen molar-refractivity contribution in [3.05, 3.63) is 29.8 Å². The Morgan fingerprint density at radius 2 is 1.90 bits per heavy atom. The molecule has 1 atom stereocenters. The molecule has 21 heavy (non-hydrogen) atoms. The van der Waals surface area contributed by atoms with Crippen LogP contribution in [0.1, 0.15) is 31.9 Å². The number of nitrogens with zero attached hydrogens (tertiary/aromatic N) is 2. The third-order valence-electron chi connectivity index (χ3n) is 3.83. The maximum Gasteiger partial charge on any atom is 0.409 e. The van der Waals surface area contributed by atoms with Crippen LogP contribution in [0.4, 0.5) is 10.5 Å². The summed E-state index contributed by atoms with van der Waals surface area (Å²) < 4.78 is 5.03. The Morgan fingerprint density at radius 1 is 1.24 bits per heavy atom. The monoisotopic (exact) mass is 292 g/mol. The Labute approximate surface area is 126 Å². The predicted molar refractivity (Wildman–Crippen MR) is 82.5 cm³/mol. The normalized spacial score (nSPS) is 16.7. The Bertz CT molecular complexity index is 470. The molecule has 1 aliphatic rings. The summed E-state index contributed by atoms with van der Waals surface area (Å²) in [5, 5.41) is 10.1. The van der Waals surface area contributed by atoms with Crippen LogP contribution in [-0.4, -0.2) is 48.9 Å². The van der Waals surface area contributed by atoms with Gasteiger partial charge >= 0.3 is 6.09 Å². The first-order valence-corrected chi connectivity index (χ1v) is 7.61. The van der Waals surface area contributed by atoms with E-state index in [1.54, 1.807) is 4.90 Å². The van der Waals surface area contributed by atoms with Crippen LogP contribution in [0.3, 0.4) is 0 Å². The number of aliphatic hydroxyl groups is 1. The van der Waals surface area contributed by atoms with Gasteiger partial charge in [-0.15, -0.1) is 0 Å². The van der Waals surface area contributed by atoms with Crippen molar-refractivity contribution in [2.24, 2.45) is 0 Å². The largest absolute Gasteiger partial charge is 0.450 e. The fourth-order valence-corrected chi connectivity index (χ4v) is 2.62. The molecule has 1 aliphatic heterocycles. The Balaban J connectivity index is 2.04. The van der Waals surface area contributed by atoms with Crippen LogP contribution in [0.5, 0.6) is 0 Å². The molecule has 1 unspecified atom stereocenters. The molecule has 1 aromatic carbocycles. The zero-order valence-electron chi connectivity index (χ0n) is 12.8. The van der Waals surface area contributed by atoms with Crippen LogP contribution < -0.4 is 4.90 Å². The summed E-state index contributed by atoms with van der Waals surface area (Å²) in [6.45, 7) is 7.00. The standard InChI is InChI=1S/C16H24N2O3/c1-3-15(19)13-7-5-6-8-14(13)17-9-11-18(12-10-17)16(20)21-4-2/h5-8,15,19H,3-4,9-12H2,1-2H3. The number of carbonyl (C=O) groups excluding carboxylic acids is 1. The van der Waals surface area contributed by atoms with Gasteiger partial charge in [-0.1, -0.05) is 25.1 Å². The highest BCUT2D eigenvalue weighted by Gasteiger charge is 2.24. The van der Waals surface area contributed by atoms with E-state index in [4.69, 9.17) is 4.74 Å². The summed E-state index contributed by atoms with van der Waals surface area (Å²) in [5.74, 6) is 0. The van der Waals surface area contributed by atoms with E-state index < -0.39 is 6.10 Å². The zero-order chi connectivity index (χ0) is 15.2. The summed E-state index contributed by atoms with van der Waals surface area (Å²) in [4.78, 5) is 15.7. The molecule has 5 heteroatoms. The molecule has 1 aromatic rings. The van der Waals surface area contributed by atoms with E-state index in [9.17, 15) is 9.90 Å². The first-order chi connectivity index (χ1) is 10.2. The first-order valence-electron chi connectivity index (χ1n) is 7.61. The third-order valence-corrected chi connectivity index (χ3v) is 3.83. The van der Waals surface area contributed by atoms with Crippen molar-refractivity contribution in [2.45, 2.75) is 26.4 Å². The van der Waals surface area contributed by atoms with Crippen molar-refractivity contribution in [3.63, 3.8) is 0 Å². The van der Waals surface area contributed by atoms with Gasteiger partial charge in [0.25, 0.3) is 0 Å². The van der Waals surface area contributed by atoms with Gasteiger partial charge in [-0.05, 0) is 19.4 Å². The molecule has 1 amide bonds. The van der Waals surface area contributed by atoms with Gasteiger partial charge in [-0.3, -0.25) is 0 Å². The number of ether oxygens (including phenoxy) is 1. The summed E-state index contributed by atoms with van der Waals surface area (Å²) in [7, 11) is 0. The van der Waals surface area contributed by atoms with Gasteiger partial charge in [0.1, 0.15) is 0 Å². The number of piperazine rings is 1. The van der Waals surface area contributed by atoms with Crippen LogP contribution in [0, 0.1) is 0 Å². The molecule has 1 N–H and O–H groups in total. The second-order valence-electron chi connectivity index (χ2n) is 5.16. The van der Waals surface area contributed by atoms with Crippen molar-refractivity contribution in [1.82, 2.24) is 4.90 Å². The number of hydrogen-bond donors (Lipinski definition) is 1. The smallest absolute Gasteiger partial charge is 0.409 e. The number of hydrogen-bond acceptors (Lipinski definition) is 4. The van der Waals surface area contributed by atoms with E-state index in [0.717, 1.165) is 24.3 Å². The number of carbonyl (C=O) groups is 1. The topological polar surface area (TPSA) is 53.0 Å². The average molecular weight is 292 g/mol. The van der Waals surface area contributed by atoms with Crippen molar-refractivity contribution < 1.29 is 14.6 Å². The van der Waals surface area contributed by atoms with Crippen molar-refractivity contribution in [2.75, 3.05) is 37.7 Å². The van der Waals surface area contributed by atoms with Crippen LogP contribution in [-0.2, 0) is 4.74 Å². The lowest BCUT2D eigenvalue weighted by Crippen LogP contribution is -2.49. The second-order valence-corrected chi connectivity index (χ2v) is 5.16. The highest BCUT2D eigenvalue weighted by atomic mass is 16.6. The minimum atomic E-state index is -0.440. The van der Waals surface area contributed by atoms with E-state index in [0.29, 0.717) is 26.1 Å². The fourth-order valence-electron chi connectivity index (χ4n) is 2.62. The van der Waals surface area contributed by atoms with E-state index in [1.807, 2.05) is 38.1 Å². The van der Waals surface area contributed by atoms with E-state index >= 15 is 0 Å². The summed E-state index contributed by atoms with van der Waals surface area (Å²) in [6.07, 6.45) is 0.0168. The average Bonchev–Trinajstić information content (AvgIpc) is 2.54. The molecule has 116 valence electrons. The minimum Gasteiger partial charge on any atom is -0.450 e. The van der Waals surface area contributed by atoms with Gasteiger partial charge < -0.3 is 19.6 Å². The molecule has 0 aliphatic carbocycles. The molecule has 0 bridgehead atoms. The van der Waals surface area contributed by atoms with Gasteiger partial charge in [0.05, 0.1) is 12.7 Å². The number of aliphatic hydroxyl groups excluding tert-OH is 1. The lowest BCUT2D eigenvalue weighted by molar-refractivity contribution is 0.105. The number of para-hydroxylation sites is 1. The van der Waals surface area contributed by atoms with Crippen LogP contribution in [0.15, 0.2) is 24.3 Å². The minimum absolute atomic E-state index is 0.237. The number of anilines is 1. The summed E-state index contributed by atoms with van der Waals surface area (Å²) in [6, 6.07) is 7.95. The molecule has 0 spiro atoms. The highest BCUT2D eigenvalue weighted by Crippen LogP contribution is 2.28. The molecule has 1 fully saturated rings. The van der Waals surface area contributed by atoms with Crippen LogP contribution >= 0.6 is 0 Å². The first kappa shape index (κ1) is 15.6. The van der Waals surface area contributed by atoms with Gasteiger partial charge in [-0.2, -0.15) is 0 Å². The molecule has 0 saturated carbocycles. The summed E-state index contributed by atoms with van der Waals surface area (Å²) >= 11 is 0. The van der Waals surface area contributed by atoms with E-state index in [-0.39, 0.29) is 6.09 Å². The molecule has 0 radical (unpaired) electrons. The van der Waals surface area contributed by atoms with Gasteiger partial charge in [0, 0.05) is 37.4 Å². The molecule has 1 saturated heterocycles. The van der Waals surface area contributed by atoms with Crippen molar-refractivity contribution in [1.29, 1.82) is 0 Å². The Morgan fingerprint density at radius 3 is 2.52 bits per heavy atom. The van der Waals surface area contributed by atoms with Crippen LogP contribution in [0.2, 0.25) is 0 Å². The number of rotatable bonds is 4. The van der Waals surface area contributed by atoms with Crippen molar-refractivity contribution >= 4 is 11.8 Å². The highest BCUT2D eigenvalue weighted by molar-refractivity contribution is 5.68. The lowest BCUT2D eigenvalue weighted by atomic mass is 10.0. The van der Waals surface area contributed by atoms with E-state index in [1.165, 1.54) is 0 Å².